The first-order chi connectivity index (χ1) is 10.4. The third kappa shape index (κ3) is 4.22. The highest BCUT2D eigenvalue weighted by Crippen LogP contribution is 2.32. The first-order valence-corrected chi connectivity index (χ1v) is 6.64. The fourth-order valence-electron chi connectivity index (χ4n) is 1.94. The molecule has 1 atom stereocenters. The summed E-state index contributed by atoms with van der Waals surface area (Å²) >= 11 is 0. The van der Waals surface area contributed by atoms with E-state index in [2.05, 4.69) is 5.48 Å². The molecule has 0 saturated heterocycles. The summed E-state index contributed by atoms with van der Waals surface area (Å²) in [5.41, 5.74) is 3.02. The van der Waals surface area contributed by atoms with Gasteiger partial charge in [0.05, 0.1) is 18.7 Å². The van der Waals surface area contributed by atoms with Gasteiger partial charge in [-0.2, -0.15) is 18.7 Å². The summed E-state index contributed by atoms with van der Waals surface area (Å²) in [7, 11) is 1.53. The van der Waals surface area contributed by atoms with Gasteiger partial charge in [-0.3, -0.25) is 0 Å². The number of hydrogen-bond donors (Lipinski definition) is 1. The molecule has 2 rings (SSSR count). The maximum Gasteiger partial charge on any atom is 0.416 e. The van der Waals surface area contributed by atoms with Crippen molar-refractivity contribution in [2.24, 2.45) is 0 Å². The Labute approximate surface area is 126 Å². The highest BCUT2D eigenvalue weighted by Gasteiger charge is 2.30. The van der Waals surface area contributed by atoms with E-state index < -0.39 is 11.7 Å². The van der Waals surface area contributed by atoms with E-state index in [9.17, 15) is 13.2 Å². The van der Waals surface area contributed by atoms with Crippen LogP contribution >= 0.6 is 0 Å². The molecule has 0 aliphatic heterocycles. The van der Waals surface area contributed by atoms with Gasteiger partial charge >= 0.3 is 6.18 Å². The van der Waals surface area contributed by atoms with Crippen molar-refractivity contribution in [3.63, 3.8) is 0 Å². The second kappa shape index (κ2) is 6.81. The summed E-state index contributed by atoms with van der Waals surface area (Å²) in [6.45, 7) is 1.92. The van der Waals surface area contributed by atoms with Crippen LogP contribution in [0.25, 0.3) is 0 Å². The molecule has 0 heterocycles. The molecule has 0 saturated carbocycles. The van der Waals surface area contributed by atoms with Crippen molar-refractivity contribution >= 4 is 0 Å². The average Bonchev–Trinajstić information content (AvgIpc) is 2.48. The largest absolute Gasteiger partial charge is 0.457 e. The van der Waals surface area contributed by atoms with Crippen molar-refractivity contribution in [2.75, 3.05) is 7.11 Å². The maximum absolute atomic E-state index is 12.6. The van der Waals surface area contributed by atoms with Gasteiger partial charge in [0.2, 0.25) is 0 Å². The van der Waals surface area contributed by atoms with E-state index in [4.69, 9.17) is 9.57 Å². The molecule has 6 heteroatoms. The summed E-state index contributed by atoms with van der Waals surface area (Å²) in [4.78, 5) is 4.84. The van der Waals surface area contributed by atoms with Crippen molar-refractivity contribution in [1.29, 1.82) is 0 Å². The van der Waals surface area contributed by atoms with Gasteiger partial charge in [-0.25, -0.2) is 0 Å². The zero-order valence-electron chi connectivity index (χ0n) is 12.1. The molecule has 2 aromatic carbocycles. The normalized spacial score (nSPS) is 13.0. The zero-order chi connectivity index (χ0) is 16.2. The highest BCUT2D eigenvalue weighted by atomic mass is 19.4. The van der Waals surface area contributed by atoms with E-state index in [0.717, 1.165) is 17.7 Å². The van der Waals surface area contributed by atoms with Gasteiger partial charge in [-0.1, -0.05) is 18.2 Å². The minimum atomic E-state index is -4.38. The van der Waals surface area contributed by atoms with Crippen LogP contribution in [0, 0.1) is 0 Å². The summed E-state index contributed by atoms with van der Waals surface area (Å²) in [5, 5.41) is 0. The molecular weight excluding hydrogens is 295 g/mol. The second-order valence-corrected chi connectivity index (χ2v) is 4.74. The van der Waals surface area contributed by atoms with Gasteiger partial charge < -0.3 is 9.57 Å². The predicted octanol–water partition coefficient (Wildman–Crippen LogP) is 4.71. The lowest BCUT2D eigenvalue weighted by Crippen LogP contribution is -2.16. The van der Waals surface area contributed by atoms with Crippen LogP contribution in [0.2, 0.25) is 0 Å². The van der Waals surface area contributed by atoms with Crippen LogP contribution in [0.4, 0.5) is 13.2 Å². The molecule has 0 aromatic heterocycles. The summed E-state index contributed by atoms with van der Waals surface area (Å²) < 4.78 is 43.4. The molecule has 3 nitrogen and oxygen atoms in total. The molecule has 0 fully saturated rings. The van der Waals surface area contributed by atoms with Crippen molar-refractivity contribution in [3.05, 3.63) is 59.7 Å². The minimum Gasteiger partial charge on any atom is -0.457 e. The van der Waals surface area contributed by atoms with Crippen LogP contribution in [0.15, 0.2) is 48.5 Å². The molecule has 1 unspecified atom stereocenters. The second-order valence-electron chi connectivity index (χ2n) is 4.74. The number of halogens is 3. The standard InChI is InChI=1S/C16H16F3NO2/c1-11(20-21-2)12-6-8-14(9-7-12)22-15-5-3-4-13(10-15)16(17,18)19/h3-11,20H,1-2H3. The Hall–Kier alpha value is -2.05. The first kappa shape index (κ1) is 16.3. The van der Waals surface area contributed by atoms with E-state index in [1.54, 1.807) is 12.1 Å². The fourth-order valence-corrected chi connectivity index (χ4v) is 1.94. The number of alkyl halides is 3. The Morgan fingerprint density at radius 1 is 1.00 bits per heavy atom. The van der Waals surface area contributed by atoms with Crippen molar-refractivity contribution in [3.8, 4) is 11.5 Å². The van der Waals surface area contributed by atoms with Crippen LogP contribution in [-0.2, 0) is 11.0 Å². The van der Waals surface area contributed by atoms with Crippen LogP contribution < -0.4 is 10.2 Å². The van der Waals surface area contributed by atoms with Crippen LogP contribution in [0.5, 0.6) is 11.5 Å². The van der Waals surface area contributed by atoms with Crippen molar-refractivity contribution in [2.45, 2.75) is 19.1 Å². The molecule has 1 N–H and O–H groups in total. The minimum absolute atomic E-state index is 0.00685. The van der Waals surface area contributed by atoms with Gasteiger partial charge in [-0.05, 0) is 42.8 Å². The van der Waals surface area contributed by atoms with E-state index in [0.29, 0.717) is 5.75 Å². The zero-order valence-corrected chi connectivity index (χ0v) is 12.1. The molecule has 22 heavy (non-hydrogen) atoms. The average molecular weight is 311 g/mol. The Balaban J connectivity index is 2.11. The SMILES string of the molecule is CONC(C)c1ccc(Oc2cccc(C(F)(F)F)c2)cc1. The van der Waals surface area contributed by atoms with Gasteiger partial charge in [0.25, 0.3) is 0 Å². The van der Waals surface area contributed by atoms with E-state index in [1.165, 1.54) is 19.2 Å². The van der Waals surface area contributed by atoms with Gasteiger partial charge in [0, 0.05) is 0 Å². The maximum atomic E-state index is 12.6. The third-order valence-electron chi connectivity index (χ3n) is 3.07. The quantitative estimate of drug-likeness (QED) is 0.811. The molecule has 0 amide bonds. The topological polar surface area (TPSA) is 30.5 Å². The number of rotatable bonds is 5. The van der Waals surface area contributed by atoms with Crippen molar-refractivity contribution in [1.82, 2.24) is 5.48 Å². The Kier molecular flexibility index (Phi) is 5.05. The lowest BCUT2D eigenvalue weighted by Gasteiger charge is -2.13. The molecule has 0 bridgehead atoms. The van der Waals surface area contributed by atoms with Gasteiger partial charge in [-0.15, -0.1) is 0 Å². The molecule has 0 spiro atoms. The first-order valence-electron chi connectivity index (χ1n) is 6.64. The number of hydrogen-bond acceptors (Lipinski definition) is 3. The summed E-state index contributed by atoms with van der Waals surface area (Å²) in [5.74, 6) is 0.610. The lowest BCUT2D eigenvalue weighted by atomic mass is 10.1. The Bertz CT molecular complexity index is 612. The molecule has 2 aromatic rings. The predicted molar refractivity (Wildman–Crippen MR) is 76.5 cm³/mol. The van der Waals surface area contributed by atoms with E-state index in [1.807, 2.05) is 19.1 Å². The monoisotopic (exact) mass is 311 g/mol. The highest BCUT2D eigenvalue weighted by molar-refractivity contribution is 5.36. The van der Waals surface area contributed by atoms with Crippen LogP contribution in [-0.4, -0.2) is 7.11 Å². The molecule has 0 aliphatic carbocycles. The molecule has 118 valence electrons. The van der Waals surface area contributed by atoms with E-state index in [-0.39, 0.29) is 11.8 Å². The summed E-state index contributed by atoms with van der Waals surface area (Å²) in [6.07, 6.45) is -4.38. The third-order valence-corrected chi connectivity index (χ3v) is 3.07. The van der Waals surface area contributed by atoms with Crippen molar-refractivity contribution < 1.29 is 22.7 Å². The smallest absolute Gasteiger partial charge is 0.416 e. The molecule has 0 aliphatic rings. The summed E-state index contributed by atoms with van der Waals surface area (Å²) in [6, 6.07) is 11.8. The lowest BCUT2D eigenvalue weighted by molar-refractivity contribution is -0.137. The Morgan fingerprint density at radius 3 is 2.27 bits per heavy atom. The van der Waals surface area contributed by atoms with Crippen LogP contribution in [0.1, 0.15) is 24.1 Å². The number of hydroxylamine groups is 1. The van der Waals surface area contributed by atoms with Gasteiger partial charge in [0.15, 0.2) is 0 Å². The number of benzene rings is 2. The van der Waals surface area contributed by atoms with E-state index >= 15 is 0 Å². The number of ether oxygens (including phenoxy) is 1. The Morgan fingerprint density at radius 2 is 1.68 bits per heavy atom. The van der Waals surface area contributed by atoms with Crippen LogP contribution in [0.3, 0.4) is 0 Å². The molecular formula is C16H16F3NO2. The van der Waals surface area contributed by atoms with Gasteiger partial charge in [0.1, 0.15) is 11.5 Å². The molecule has 0 radical (unpaired) electrons. The number of nitrogens with one attached hydrogen (secondary N) is 1. The fraction of sp³-hybridized carbons (Fsp3) is 0.250.